The SMILES string of the molecule is CC(C)=CCCC(C)(C)C1CCC2C1[C@H](O)CC1[C@@]2(C)CCC2C(C)(C)[C@@H](C)CC[C@@]21C. The molecule has 0 aromatic heterocycles. The third-order valence-electron chi connectivity index (χ3n) is 12.5. The molecule has 184 valence electrons. The Balaban J connectivity index is 1.61. The summed E-state index contributed by atoms with van der Waals surface area (Å²) in [6.45, 7) is 22.4. The average molecular weight is 443 g/mol. The van der Waals surface area contributed by atoms with E-state index in [0.717, 1.165) is 24.2 Å². The molecule has 1 N–H and O–H groups in total. The van der Waals surface area contributed by atoms with Crippen LogP contribution in [-0.4, -0.2) is 11.2 Å². The largest absolute Gasteiger partial charge is 0.393 e. The van der Waals surface area contributed by atoms with Crippen molar-refractivity contribution in [2.45, 2.75) is 126 Å². The minimum Gasteiger partial charge on any atom is -0.393 e. The predicted octanol–water partition coefficient (Wildman–Crippen LogP) is 8.66. The first kappa shape index (κ1) is 24.8. The third kappa shape index (κ3) is 3.67. The van der Waals surface area contributed by atoms with Crippen LogP contribution in [0, 0.1) is 57.2 Å². The zero-order valence-electron chi connectivity index (χ0n) is 22.9. The highest BCUT2D eigenvalue weighted by molar-refractivity contribution is 5.15. The van der Waals surface area contributed by atoms with Crippen molar-refractivity contribution in [3.63, 3.8) is 0 Å². The van der Waals surface area contributed by atoms with E-state index < -0.39 is 0 Å². The van der Waals surface area contributed by atoms with Gasteiger partial charge in [0.25, 0.3) is 0 Å². The van der Waals surface area contributed by atoms with E-state index in [1.54, 1.807) is 0 Å². The van der Waals surface area contributed by atoms with Crippen molar-refractivity contribution in [3.05, 3.63) is 11.6 Å². The van der Waals surface area contributed by atoms with Crippen LogP contribution in [0.3, 0.4) is 0 Å². The molecule has 4 saturated carbocycles. The molecule has 4 aliphatic carbocycles. The molecule has 0 heterocycles. The fourth-order valence-electron chi connectivity index (χ4n) is 10.3. The van der Waals surface area contributed by atoms with Gasteiger partial charge in [0.1, 0.15) is 0 Å². The van der Waals surface area contributed by atoms with Gasteiger partial charge in [-0.1, -0.05) is 60.1 Å². The van der Waals surface area contributed by atoms with Crippen molar-refractivity contribution >= 4 is 0 Å². The van der Waals surface area contributed by atoms with Crippen molar-refractivity contribution in [1.29, 1.82) is 0 Å². The molecule has 1 nitrogen and oxygen atoms in total. The van der Waals surface area contributed by atoms with Crippen LogP contribution in [-0.2, 0) is 0 Å². The highest BCUT2D eigenvalue weighted by atomic mass is 16.3. The molecular formula is C31H54O. The van der Waals surface area contributed by atoms with Gasteiger partial charge >= 0.3 is 0 Å². The third-order valence-corrected chi connectivity index (χ3v) is 12.5. The summed E-state index contributed by atoms with van der Waals surface area (Å²) in [6, 6.07) is 0. The van der Waals surface area contributed by atoms with Crippen LogP contribution in [0.15, 0.2) is 11.6 Å². The van der Waals surface area contributed by atoms with Crippen molar-refractivity contribution in [3.8, 4) is 0 Å². The maximum absolute atomic E-state index is 11.8. The second-order valence-electron chi connectivity index (χ2n) is 14.9. The van der Waals surface area contributed by atoms with Crippen LogP contribution < -0.4 is 0 Å². The summed E-state index contributed by atoms with van der Waals surface area (Å²) >= 11 is 0. The minimum absolute atomic E-state index is 0.0914. The number of aliphatic hydroxyl groups is 1. The Morgan fingerprint density at radius 2 is 1.59 bits per heavy atom. The molecule has 0 aromatic carbocycles. The number of hydrogen-bond donors (Lipinski definition) is 1. The predicted molar refractivity (Wildman–Crippen MR) is 137 cm³/mol. The Hall–Kier alpha value is -0.300. The normalized spacial score (nSPS) is 47.9. The van der Waals surface area contributed by atoms with Crippen LogP contribution in [0.5, 0.6) is 0 Å². The van der Waals surface area contributed by atoms with E-state index in [2.05, 4.69) is 68.4 Å². The highest BCUT2D eigenvalue weighted by Crippen LogP contribution is 2.72. The second kappa shape index (κ2) is 8.13. The topological polar surface area (TPSA) is 20.2 Å². The lowest BCUT2D eigenvalue weighted by atomic mass is 9.37. The van der Waals surface area contributed by atoms with Crippen molar-refractivity contribution in [1.82, 2.24) is 0 Å². The summed E-state index contributed by atoms with van der Waals surface area (Å²) in [7, 11) is 0. The summed E-state index contributed by atoms with van der Waals surface area (Å²) < 4.78 is 0. The Morgan fingerprint density at radius 1 is 0.938 bits per heavy atom. The lowest BCUT2D eigenvalue weighted by Gasteiger charge is -2.68. The Kier molecular flexibility index (Phi) is 6.31. The van der Waals surface area contributed by atoms with Gasteiger partial charge in [-0.3, -0.25) is 0 Å². The zero-order chi connectivity index (χ0) is 23.7. The van der Waals surface area contributed by atoms with Crippen LogP contribution >= 0.6 is 0 Å². The Labute approximate surface area is 200 Å². The van der Waals surface area contributed by atoms with Crippen LogP contribution in [0.1, 0.15) is 120 Å². The van der Waals surface area contributed by atoms with Gasteiger partial charge in [-0.25, -0.2) is 0 Å². The molecule has 0 aromatic rings. The number of fused-ring (bicyclic) bond motifs is 5. The molecule has 0 spiro atoms. The standard InChI is InChI=1S/C31H54O/c1-20(2)11-10-16-28(4,5)22-12-13-23-27(22)24(32)19-26-30(23,8)18-15-25-29(6,7)21(3)14-17-31(25,26)9/h11,21-27,32H,10,12-19H2,1-9H3/t21-,22?,23?,24+,25?,26?,27?,30-,31-/m0/s1. The van der Waals surface area contributed by atoms with Crippen LogP contribution in [0.25, 0.3) is 0 Å². The fraction of sp³-hybridized carbons (Fsp3) is 0.935. The average Bonchev–Trinajstić information content (AvgIpc) is 3.15. The highest BCUT2D eigenvalue weighted by Gasteiger charge is 2.66. The Bertz CT molecular complexity index is 727. The lowest BCUT2D eigenvalue weighted by Crippen LogP contribution is -2.62. The lowest BCUT2D eigenvalue weighted by molar-refractivity contribution is -0.208. The summed E-state index contributed by atoms with van der Waals surface area (Å²) in [4.78, 5) is 0. The summed E-state index contributed by atoms with van der Waals surface area (Å²) in [6.07, 6.45) is 14.1. The van der Waals surface area contributed by atoms with E-state index in [0.29, 0.717) is 39.4 Å². The number of hydrogen-bond acceptors (Lipinski definition) is 1. The van der Waals surface area contributed by atoms with E-state index in [4.69, 9.17) is 0 Å². The van der Waals surface area contributed by atoms with Gasteiger partial charge in [-0.05, 0) is 129 Å². The van der Waals surface area contributed by atoms with Gasteiger partial charge in [0, 0.05) is 0 Å². The van der Waals surface area contributed by atoms with Crippen LogP contribution in [0.4, 0.5) is 0 Å². The van der Waals surface area contributed by atoms with E-state index in [-0.39, 0.29) is 6.10 Å². The molecule has 9 atom stereocenters. The number of rotatable bonds is 4. The smallest absolute Gasteiger partial charge is 0.0577 e. The van der Waals surface area contributed by atoms with Crippen molar-refractivity contribution in [2.24, 2.45) is 57.2 Å². The van der Waals surface area contributed by atoms with Crippen LogP contribution in [0.2, 0.25) is 0 Å². The first-order valence-electron chi connectivity index (χ1n) is 14.1. The summed E-state index contributed by atoms with van der Waals surface area (Å²) in [5, 5.41) is 11.8. The van der Waals surface area contributed by atoms with Gasteiger partial charge in [0.2, 0.25) is 0 Å². The molecule has 4 fully saturated rings. The molecule has 0 radical (unpaired) electrons. The maximum Gasteiger partial charge on any atom is 0.0577 e. The summed E-state index contributed by atoms with van der Waals surface area (Å²) in [5.41, 5.74) is 3.02. The van der Waals surface area contributed by atoms with Crippen molar-refractivity contribution < 1.29 is 5.11 Å². The molecule has 1 heteroatoms. The van der Waals surface area contributed by atoms with E-state index in [1.165, 1.54) is 56.9 Å². The molecule has 5 unspecified atom stereocenters. The fourth-order valence-corrected chi connectivity index (χ4v) is 10.3. The second-order valence-corrected chi connectivity index (χ2v) is 14.9. The Morgan fingerprint density at radius 3 is 2.25 bits per heavy atom. The molecule has 0 bridgehead atoms. The van der Waals surface area contributed by atoms with Gasteiger partial charge < -0.3 is 5.11 Å². The van der Waals surface area contributed by atoms with Crippen molar-refractivity contribution in [2.75, 3.05) is 0 Å². The van der Waals surface area contributed by atoms with Gasteiger partial charge in [0.15, 0.2) is 0 Å². The molecule has 32 heavy (non-hydrogen) atoms. The van der Waals surface area contributed by atoms with E-state index >= 15 is 0 Å². The first-order chi connectivity index (χ1) is 14.7. The zero-order valence-corrected chi connectivity index (χ0v) is 22.9. The van der Waals surface area contributed by atoms with E-state index in [9.17, 15) is 5.11 Å². The minimum atomic E-state index is -0.0914. The number of allylic oxidation sites excluding steroid dienone is 2. The summed E-state index contributed by atoms with van der Waals surface area (Å²) in [5.74, 6) is 4.27. The van der Waals surface area contributed by atoms with Gasteiger partial charge in [-0.15, -0.1) is 0 Å². The van der Waals surface area contributed by atoms with Gasteiger partial charge in [0.05, 0.1) is 6.10 Å². The monoisotopic (exact) mass is 442 g/mol. The molecule has 4 aliphatic rings. The molecule has 0 saturated heterocycles. The number of aliphatic hydroxyl groups excluding tert-OH is 1. The maximum atomic E-state index is 11.8. The molecule has 0 amide bonds. The van der Waals surface area contributed by atoms with E-state index in [1.807, 2.05) is 0 Å². The molecule has 4 rings (SSSR count). The first-order valence-corrected chi connectivity index (χ1v) is 14.1. The quantitative estimate of drug-likeness (QED) is 0.432. The molecule has 0 aliphatic heterocycles. The van der Waals surface area contributed by atoms with Gasteiger partial charge in [-0.2, -0.15) is 0 Å². The molecular weight excluding hydrogens is 388 g/mol.